The van der Waals surface area contributed by atoms with Crippen LogP contribution in [0.4, 0.5) is 5.69 Å². The number of nitriles is 1. The van der Waals surface area contributed by atoms with Crippen LogP contribution < -0.4 is 10.3 Å². The summed E-state index contributed by atoms with van der Waals surface area (Å²) >= 11 is 0. The highest BCUT2D eigenvalue weighted by Gasteiger charge is 2.14. The van der Waals surface area contributed by atoms with Crippen molar-refractivity contribution in [2.45, 2.75) is 31.6 Å². The summed E-state index contributed by atoms with van der Waals surface area (Å²) in [7, 11) is -1.46. The van der Waals surface area contributed by atoms with Crippen molar-refractivity contribution in [3.05, 3.63) is 69.5 Å². The highest BCUT2D eigenvalue weighted by atomic mass is 32.2. The fourth-order valence-corrected chi connectivity index (χ4v) is 3.93. The number of fused-ring (bicyclic) bond motifs is 1. The van der Waals surface area contributed by atoms with Gasteiger partial charge in [0, 0.05) is 22.2 Å². The van der Waals surface area contributed by atoms with Crippen molar-refractivity contribution in [1.82, 2.24) is 4.98 Å². The smallest absolute Gasteiger partial charge is 0.251 e. The molecule has 2 aromatic carbocycles. The van der Waals surface area contributed by atoms with Crippen LogP contribution in [0, 0.1) is 18.3 Å². The Morgan fingerprint density at radius 1 is 1.15 bits per heavy atom. The lowest BCUT2D eigenvalue weighted by atomic mass is 10.0. The van der Waals surface area contributed by atoms with Gasteiger partial charge in [-0.1, -0.05) is 13.8 Å². The minimum atomic E-state index is -1.46. The third-order valence-electron chi connectivity index (χ3n) is 4.20. The number of hydrogen-bond donors (Lipinski definition) is 2. The molecule has 0 saturated carbocycles. The second-order valence-corrected chi connectivity index (χ2v) is 7.65. The van der Waals surface area contributed by atoms with Crippen LogP contribution in [0.25, 0.3) is 10.9 Å². The first-order valence-electron chi connectivity index (χ1n) is 8.25. The van der Waals surface area contributed by atoms with Crippen molar-refractivity contribution < 1.29 is 4.21 Å². The molecule has 0 saturated heterocycles. The molecule has 0 aliphatic carbocycles. The van der Waals surface area contributed by atoms with Crippen LogP contribution in [0.2, 0.25) is 0 Å². The molecule has 0 amide bonds. The van der Waals surface area contributed by atoms with Crippen LogP contribution in [-0.2, 0) is 11.0 Å². The maximum absolute atomic E-state index is 12.9. The van der Waals surface area contributed by atoms with E-state index in [-0.39, 0.29) is 11.5 Å². The molecule has 1 unspecified atom stereocenters. The van der Waals surface area contributed by atoms with E-state index in [0.717, 1.165) is 16.5 Å². The van der Waals surface area contributed by atoms with Gasteiger partial charge in [0.15, 0.2) is 11.0 Å². The molecule has 3 rings (SSSR count). The van der Waals surface area contributed by atoms with Crippen LogP contribution in [0.3, 0.4) is 0 Å². The summed E-state index contributed by atoms with van der Waals surface area (Å²) in [6, 6.07) is 14.6. The van der Waals surface area contributed by atoms with Crippen LogP contribution >= 0.6 is 0 Å². The molecule has 3 aromatic rings. The van der Waals surface area contributed by atoms with Gasteiger partial charge in [-0.05, 0) is 60.9 Å². The second-order valence-electron chi connectivity index (χ2n) is 6.47. The zero-order chi connectivity index (χ0) is 18.8. The van der Waals surface area contributed by atoms with Crippen LogP contribution in [-0.4, -0.2) is 9.19 Å². The van der Waals surface area contributed by atoms with Crippen molar-refractivity contribution in [3.8, 4) is 6.07 Å². The van der Waals surface area contributed by atoms with Gasteiger partial charge in [0.1, 0.15) is 0 Å². The van der Waals surface area contributed by atoms with Crippen LogP contribution in [0.15, 0.2) is 52.2 Å². The molecule has 2 N–H and O–H groups in total. The minimum Gasteiger partial charge on any atom is -0.322 e. The fraction of sp³-hybridized carbons (Fsp3) is 0.200. The molecular weight excluding hydrogens is 346 g/mol. The number of aryl methyl sites for hydroxylation is 1. The normalized spacial score (nSPS) is 12.1. The quantitative estimate of drug-likeness (QED) is 0.733. The Morgan fingerprint density at radius 3 is 2.62 bits per heavy atom. The van der Waals surface area contributed by atoms with E-state index < -0.39 is 11.0 Å². The second kappa shape index (κ2) is 7.14. The van der Waals surface area contributed by atoms with Crippen molar-refractivity contribution in [2.75, 3.05) is 4.72 Å². The van der Waals surface area contributed by atoms with Crippen molar-refractivity contribution in [2.24, 2.45) is 0 Å². The molecule has 1 atom stereocenters. The van der Waals surface area contributed by atoms with E-state index in [1.54, 1.807) is 37.3 Å². The Bertz CT molecular complexity index is 1110. The molecule has 0 spiro atoms. The summed E-state index contributed by atoms with van der Waals surface area (Å²) < 4.78 is 15.9. The number of benzene rings is 2. The lowest BCUT2D eigenvalue weighted by molar-refractivity contribution is 0.684. The van der Waals surface area contributed by atoms with Crippen LogP contribution in [0.1, 0.15) is 36.5 Å². The third-order valence-corrected chi connectivity index (χ3v) is 5.39. The number of anilines is 1. The molecule has 0 aliphatic rings. The molecule has 132 valence electrons. The molecule has 26 heavy (non-hydrogen) atoms. The number of rotatable bonds is 4. The van der Waals surface area contributed by atoms with Gasteiger partial charge in [-0.2, -0.15) is 5.26 Å². The van der Waals surface area contributed by atoms with Gasteiger partial charge >= 0.3 is 0 Å². The lowest BCUT2D eigenvalue weighted by Crippen LogP contribution is -2.10. The molecule has 5 nitrogen and oxygen atoms in total. The van der Waals surface area contributed by atoms with E-state index in [1.165, 1.54) is 0 Å². The maximum Gasteiger partial charge on any atom is 0.251 e. The zero-order valence-electron chi connectivity index (χ0n) is 14.8. The summed E-state index contributed by atoms with van der Waals surface area (Å²) in [5.41, 5.74) is 3.39. The number of H-pyrrole nitrogens is 1. The lowest BCUT2D eigenvalue weighted by Gasteiger charge is -2.14. The SMILES string of the molecule is Cc1cc2cc(NS(=O)c3ccc(C#N)cc3C(C)C)ccc2[nH]c1=O. The van der Waals surface area contributed by atoms with Crippen LogP contribution in [0.5, 0.6) is 0 Å². The highest BCUT2D eigenvalue weighted by molar-refractivity contribution is 7.86. The molecule has 1 aromatic heterocycles. The van der Waals surface area contributed by atoms with Gasteiger partial charge in [0.05, 0.1) is 16.5 Å². The predicted octanol–water partition coefficient (Wildman–Crippen LogP) is 3.97. The molecule has 0 aliphatic heterocycles. The van der Waals surface area contributed by atoms with E-state index in [0.29, 0.717) is 21.7 Å². The van der Waals surface area contributed by atoms with Gasteiger partial charge < -0.3 is 9.71 Å². The van der Waals surface area contributed by atoms with Crippen molar-refractivity contribution >= 4 is 27.6 Å². The highest BCUT2D eigenvalue weighted by Crippen LogP contribution is 2.25. The number of nitrogens with zero attached hydrogens (tertiary/aromatic N) is 1. The molecule has 0 fully saturated rings. The first kappa shape index (κ1) is 17.9. The van der Waals surface area contributed by atoms with Gasteiger partial charge in [0.25, 0.3) is 5.56 Å². The molecule has 6 heteroatoms. The monoisotopic (exact) mass is 365 g/mol. The Labute approximate surface area is 154 Å². The van der Waals surface area contributed by atoms with Gasteiger partial charge in [0.2, 0.25) is 0 Å². The molecule has 0 bridgehead atoms. The Morgan fingerprint density at radius 2 is 1.92 bits per heavy atom. The first-order valence-corrected chi connectivity index (χ1v) is 9.40. The predicted molar refractivity (Wildman–Crippen MR) is 105 cm³/mol. The van der Waals surface area contributed by atoms with E-state index in [1.807, 2.05) is 26.0 Å². The Balaban J connectivity index is 1.95. The van der Waals surface area contributed by atoms with E-state index >= 15 is 0 Å². The summed E-state index contributed by atoms with van der Waals surface area (Å²) in [5, 5.41) is 9.95. The first-order chi connectivity index (χ1) is 12.4. The third kappa shape index (κ3) is 3.53. The topological polar surface area (TPSA) is 85.8 Å². The number of aromatic nitrogens is 1. The van der Waals surface area contributed by atoms with Gasteiger partial charge in [-0.3, -0.25) is 4.79 Å². The number of hydrogen-bond acceptors (Lipinski definition) is 3. The van der Waals surface area contributed by atoms with Crippen molar-refractivity contribution in [3.63, 3.8) is 0 Å². The summed E-state index contributed by atoms with van der Waals surface area (Å²) in [6.45, 7) is 5.76. The molecule has 0 radical (unpaired) electrons. The largest absolute Gasteiger partial charge is 0.322 e. The standard InChI is InChI=1S/C20H19N3O2S/c1-12(2)17-9-14(11-21)4-7-19(17)26(25)23-16-5-6-18-15(10-16)8-13(3)20(24)22-18/h4-10,12,23H,1-3H3,(H,22,24). The van der Waals surface area contributed by atoms with Gasteiger partial charge in [-0.15, -0.1) is 0 Å². The zero-order valence-corrected chi connectivity index (χ0v) is 15.6. The van der Waals surface area contributed by atoms with E-state index in [2.05, 4.69) is 15.8 Å². The summed E-state index contributed by atoms with van der Waals surface area (Å²) in [6.07, 6.45) is 0. The fourth-order valence-electron chi connectivity index (χ4n) is 2.78. The van der Waals surface area contributed by atoms with E-state index in [9.17, 15) is 9.00 Å². The Hall–Kier alpha value is -2.91. The number of pyridine rings is 1. The van der Waals surface area contributed by atoms with E-state index in [4.69, 9.17) is 5.26 Å². The average Bonchev–Trinajstić information content (AvgIpc) is 2.62. The summed E-state index contributed by atoms with van der Waals surface area (Å²) in [4.78, 5) is 15.2. The number of nitrogens with one attached hydrogen (secondary N) is 2. The van der Waals surface area contributed by atoms with Crippen molar-refractivity contribution in [1.29, 1.82) is 5.26 Å². The Kier molecular flexibility index (Phi) is 4.92. The summed E-state index contributed by atoms with van der Waals surface area (Å²) in [5.74, 6) is 0.147. The average molecular weight is 365 g/mol. The number of aromatic amines is 1. The van der Waals surface area contributed by atoms with Gasteiger partial charge in [-0.25, -0.2) is 4.21 Å². The maximum atomic E-state index is 12.9. The minimum absolute atomic E-state index is 0.110. The molecular formula is C20H19N3O2S. The molecule has 1 heterocycles.